The summed E-state index contributed by atoms with van der Waals surface area (Å²) in [6.07, 6.45) is 2.57. The summed E-state index contributed by atoms with van der Waals surface area (Å²) < 4.78 is 4.98. The number of ether oxygens (including phenoxy) is 1. The van der Waals surface area contributed by atoms with Crippen molar-refractivity contribution in [3.8, 4) is 0 Å². The Hall–Kier alpha value is -1.31. The van der Waals surface area contributed by atoms with E-state index in [1.165, 1.54) is 20.0 Å². The van der Waals surface area contributed by atoms with E-state index in [0.717, 1.165) is 22.6 Å². The molecule has 1 aromatic carbocycles. The van der Waals surface area contributed by atoms with Crippen LogP contribution in [0, 0.1) is 5.92 Å². The molecule has 98 valence electrons. The molecule has 18 heavy (non-hydrogen) atoms. The number of rotatable bonds is 4. The molecule has 1 saturated carbocycles. The number of esters is 1. The number of carbonyl (C=O) groups excluding carboxylic acids is 1. The van der Waals surface area contributed by atoms with E-state index >= 15 is 0 Å². The highest BCUT2D eigenvalue weighted by Gasteiger charge is 2.32. The molecule has 0 N–H and O–H groups in total. The van der Waals surface area contributed by atoms with Crippen LogP contribution in [0.5, 0.6) is 0 Å². The van der Waals surface area contributed by atoms with Gasteiger partial charge < -0.3 is 4.74 Å². The van der Waals surface area contributed by atoms with Gasteiger partial charge in [0.25, 0.3) is 0 Å². The number of methoxy groups -OCH3 is 1. The van der Waals surface area contributed by atoms with Gasteiger partial charge in [-0.05, 0) is 41.7 Å². The maximum absolute atomic E-state index is 12.1. The van der Waals surface area contributed by atoms with Crippen molar-refractivity contribution >= 4 is 5.97 Å². The minimum Gasteiger partial charge on any atom is -0.465 e. The molecule has 0 aliphatic heterocycles. The Labute approximate surface area is 109 Å². The fourth-order valence-corrected chi connectivity index (χ4v) is 2.64. The molecule has 0 saturated heterocycles. The molecule has 2 nitrogen and oxygen atoms in total. The molecule has 0 amide bonds. The van der Waals surface area contributed by atoms with Gasteiger partial charge in [0, 0.05) is 0 Å². The summed E-state index contributed by atoms with van der Waals surface area (Å²) in [6.45, 7) is 6.46. The minimum atomic E-state index is -0.193. The van der Waals surface area contributed by atoms with E-state index in [1.54, 1.807) is 0 Å². The van der Waals surface area contributed by atoms with E-state index in [0.29, 0.717) is 11.8 Å². The summed E-state index contributed by atoms with van der Waals surface area (Å²) in [5.74, 6) is 1.35. The van der Waals surface area contributed by atoms with Gasteiger partial charge in [-0.1, -0.05) is 39.0 Å². The van der Waals surface area contributed by atoms with Gasteiger partial charge in [-0.25, -0.2) is 4.79 Å². The molecule has 0 heterocycles. The van der Waals surface area contributed by atoms with Crippen LogP contribution in [0.4, 0.5) is 0 Å². The SMILES string of the molecule is COC(=O)c1c(C(C)C)cccc1C(C)C1CC1. The molecule has 2 heteroatoms. The maximum atomic E-state index is 12.1. The Bertz CT molecular complexity index is 444. The van der Waals surface area contributed by atoms with Crippen LogP contribution in [0.25, 0.3) is 0 Å². The van der Waals surface area contributed by atoms with Gasteiger partial charge in [0.05, 0.1) is 12.7 Å². The highest BCUT2D eigenvalue weighted by atomic mass is 16.5. The smallest absolute Gasteiger partial charge is 0.338 e. The number of hydrogen-bond donors (Lipinski definition) is 0. The lowest BCUT2D eigenvalue weighted by Gasteiger charge is -2.19. The first-order chi connectivity index (χ1) is 8.56. The van der Waals surface area contributed by atoms with Gasteiger partial charge in [-0.2, -0.15) is 0 Å². The first-order valence-electron chi connectivity index (χ1n) is 6.77. The third-order valence-corrected chi connectivity index (χ3v) is 3.96. The normalized spacial score (nSPS) is 16.7. The van der Waals surface area contributed by atoms with Crippen LogP contribution >= 0.6 is 0 Å². The van der Waals surface area contributed by atoms with Crippen molar-refractivity contribution in [1.29, 1.82) is 0 Å². The molecular formula is C16H22O2. The van der Waals surface area contributed by atoms with Crippen molar-refractivity contribution < 1.29 is 9.53 Å². The van der Waals surface area contributed by atoms with Gasteiger partial charge >= 0.3 is 5.97 Å². The van der Waals surface area contributed by atoms with Gasteiger partial charge in [0.1, 0.15) is 0 Å². The summed E-state index contributed by atoms with van der Waals surface area (Å²) >= 11 is 0. The van der Waals surface area contributed by atoms with Crippen molar-refractivity contribution in [3.05, 3.63) is 34.9 Å². The average molecular weight is 246 g/mol. The standard InChI is InChI=1S/C16H22O2/c1-10(2)13-6-5-7-14(11(3)12-8-9-12)15(13)16(17)18-4/h5-7,10-12H,8-9H2,1-4H3. The van der Waals surface area contributed by atoms with Crippen LogP contribution in [0.2, 0.25) is 0 Å². The van der Waals surface area contributed by atoms with Crippen LogP contribution in [0.15, 0.2) is 18.2 Å². The highest BCUT2D eigenvalue weighted by molar-refractivity contribution is 5.93. The van der Waals surface area contributed by atoms with Crippen molar-refractivity contribution in [3.63, 3.8) is 0 Å². The highest BCUT2D eigenvalue weighted by Crippen LogP contribution is 2.44. The van der Waals surface area contributed by atoms with E-state index in [-0.39, 0.29) is 5.97 Å². The molecule has 1 aliphatic rings. The second-order valence-corrected chi connectivity index (χ2v) is 5.58. The number of hydrogen-bond acceptors (Lipinski definition) is 2. The van der Waals surface area contributed by atoms with Gasteiger partial charge in [-0.15, -0.1) is 0 Å². The van der Waals surface area contributed by atoms with Gasteiger partial charge in [0.2, 0.25) is 0 Å². The fourth-order valence-electron chi connectivity index (χ4n) is 2.64. The number of benzene rings is 1. The van der Waals surface area contributed by atoms with Crippen LogP contribution in [-0.2, 0) is 4.74 Å². The molecule has 1 aromatic rings. The lowest BCUT2D eigenvalue weighted by Crippen LogP contribution is -2.13. The third kappa shape index (κ3) is 2.43. The van der Waals surface area contributed by atoms with Crippen molar-refractivity contribution in [2.45, 2.75) is 45.4 Å². The Morgan fingerprint density at radius 1 is 1.22 bits per heavy atom. The quantitative estimate of drug-likeness (QED) is 0.747. The summed E-state index contributed by atoms with van der Waals surface area (Å²) in [5, 5.41) is 0. The molecule has 1 atom stereocenters. The second kappa shape index (κ2) is 5.13. The Balaban J connectivity index is 2.50. The monoisotopic (exact) mass is 246 g/mol. The van der Waals surface area contributed by atoms with Crippen molar-refractivity contribution in [2.75, 3.05) is 7.11 Å². The molecule has 0 bridgehead atoms. The first-order valence-corrected chi connectivity index (χ1v) is 6.77. The lowest BCUT2D eigenvalue weighted by atomic mass is 9.86. The predicted molar refractivity (Wildman–Crippen MR) is 73.0 cm³/mol. The summed E-state index contributed by atoms with van der Waals surface area (Å²) in [4.78, 5) is 12.1. The first kappa shape index (κ1) is 13.1. The van der Waals surface area contributed by atoms with Crippen LogP contribution < -0.4 is 0 Å². The summed E-state index contributed by atoms with van der Waals surface area (Å²) in [7, 11) is 1.46. The van der Waals surface area contributed by atoms with Crippen molar-refractivity contribution in [1.82, 2.24) is 0 Å². The summed E-state index contributed by atoms with van der Waals surface area (Å²) in [6, 6.07) is 6.19. The third-order valence-electron chi connectivity index (χ3n) is 3.96. The van der Waals surface area contributed by atoms with E-state index in [4.69, 9.17) is 4.74 Å². The molecular weight excluding hydrogens is 224 g/mol. The van der Waals surface area contributed by atoms with E-state index < -0.39 is 0 Å². The van der Waals surface area contributed by atoms with Crippen LogP contribution in [-0.4, -0.2) is 13.1 Å². The maximum Gasteiger partial charge on any atom is 0.338 e. The zero-order chi connectivity index (χ0) is 13.3. The van der Waals surface area contributed by atoms with Gasteiger partial charge in [-0.3, -0.25) is 0 Å². The summed E-state index contributed by atoms with van der Waals surface area (Å²) in [5.41, 5.74) is 3.07. The predicted octanol–water partition coefficient (Wildman–Crippen LogP) is 4.11. The fraction of sp³-hybridized carbons (Fsp3) is 0.562. The topological polar surface area (TPSA) is 26.3 Å². The average Bonchev–Trinajstić information content (AvgIpc) is 3.20. The zero-order valence-corrected chi connectivity index (χ0v) is 11.7. The molecule has 2 rings (SSSR count). The zero-order valence-electron chi connectivity index (χ0n) is 11.7. The number of carbonyl (C=O) groups is 1. The Kier molecular flexibility index (Phi) is 3.74. The largest absolute Gasteiger partial charge is 0.465 e. The Morgan fingerprint density at radius 2 is 1.83 bits per heavy atom. The molecule has 0 aromatic heterocycles. The van der Waals surface area contributed by atoms with E-state index in [9.17, 15) is 4.79 Å². The van der Waals surface area contributed by atoms with E-state index in [1.807, 2.05) is 6.07 Å². The molecule has 0 spiro atoms. The van der Waals surface area contributed by atoms with Gasteiger partial charge in [0.15, 0.2) is 0 Å². The molecule has 1 aliphatic carbocycles. The molecule has 0 radical (unpaired) electrons. The molecule has 1 unspecified atom stereocenters. The van der Waals surface area contributed by atoms with E-state index in [2.05, 4.69) is 32.9 Å². The minimum absolute atomic E-state index is 0.193. The lowest BCUT2D eigenvalue weighted by molar-refractivity contribution is 0.0597. The van der Waals surface area contributed by atoms with Crippen molar-refractivity contribution in [2.24, 2.45) is 5.92 Å². The Morgan fingerprint density at radius 3 is 2.33 bits per heavy atom. The van der Waals surface area contributed by atoms with Crippen LogP contribution in [0.3, 0.4) is 0 Å². The molecule has 1 fully saturated rings. The van der Waals surface area contributed by atoms with Crippen LogP contribution in [0.1, 0.15) is 66.9 Å². The second-order valence-electron chi connectivity index (χ2n) is 5.58.